The summed E-state index contributed by atoms with van der Waals surface area (Å²) in [6.45, 7) is 5.46. The van der Waals surface area contributed by atoms with Crippen molar-refractivity contribution in [2.75, 3.05) is 26.3 Å². The highest BCUT2D eigenvalue weighted by molar-refractivity contribution is 4.56. The number of ether oxygens (including phenoxy) is 2. The maximum absolute atomic E-state index is 11.8. The van der Waals surface area contributed by atoms with Gasteiger partial charge < -0.3 is 14.8 Å². The minimum atomic E-state index is -4.07. The third-order valence-corrected chi connectivity index (χ3v) is 1.83. The molecule has 0 aliphatic carbocycles. The van der Waals surface area contributed by atoms with Crippen LogP contribution in [0.5, 0.6) is 0 Å². The highest BCUT2D eigenvalue weighted by atomic mass is 19.4. The molecule has 0 spiro atoms. The summed E-state index contributed by atoms with van der Waals surface area (Å²) in [5.41, 5.74) is 0. The zero-order valence-electron chi connectivity index (χ0n) is 9.77. The predicted molar refractivity (Wildman–Crippen MR) is 55.2 cm³/mol. The molecule has 0 aromatic carbocycles. The lowest BCUT2D eigenvalue weighted by atomic mass is 10.3. The summed E-state index contributed by atoms with van der Waals surface area (Å²) in [6, 6.07) is 0. The molecule has 0 amide bonds. The summed E-state index contributed by atoms with van der Waals surface area (Å²) in [6.07, 6.45) is -5.12. The first-order valence-electron chi connectivity index (χ1n) is 5.50. The smallest absolute Gasteiger partial charge is 0.352 e. The van der Waals surface area contributed by atoms with Gasteiger partial charge in [0.25, 0.3) is 0 Å². The zero-order chi connectivity index (χ0) is 12.4. The Kier molecular flexibility index (Phi) is 8.60. The van der Waals surface area contributed by atoms with Crippen molar-refractivity contribution in [3.05, 3.63) is 0 Å². The van der Waals surface area contributed by atoms with Crippen molar-refractivity contribution in [3.8, 4) is 0 Å². The molecule has 0 saturated heterocycles. The van der Waals surface area contributed by atoms with E-state index in [0.29, 0.717) is 26.3 Å². The van der Waals surface area contributed by atoms with E-state index in [1.165, 1.54) is 0 Å². The number of hydrogen-bond acceptors (Lipinski definition) is 3. The molecule has 0 rings (SSSR count). The molecule has 0 unspecified atom stereocenters. The Hall–Kier alpha value is -0.330. The number of nitrogens with one attached hydrogen (secondary N) is 1. The summed E-state index contributed by atoms with van der Waals surface area (Å²) in [5.74, 6) is 0. The Labute approximate surface area is 94.3 Å². The van der Waals surface area contributed by atoms with Crippen LogP contribution in [0.15, 0.2) is 0 Å². The average molecular weight is 243 g/mol. The minimum absolute atomic E-state index is 0.0778. The summed E-state index contributed by atoms with van der Waals surface area (Å²) < 4.78 is 45.9. The Balaban J connectivity index is 3.46. The molecule has 0 aliphatic rings. The van der Waals surface area contributed by atoms with Gasteiger partial charge >= 0.3 is 6.18 Å². The lowest BCUT2D eigenvalue weighted by Crippen LogP contribution is -2.32. The van der Waals surface area contributed by atoms with Crippen LogP contribution >= 0.6 is 0 Å². The van der Waals surface area contributed by atoms with Crippen molar-refractivity contribution >= 4 is 0 Å². The van der Waals surface area contributed by atoms with E-state index in [0.717, 1.165) is 0 Å². The molecular weight excluding hydrogens is 223 g/mol. The van der Waals surface area contributed by atoms with Crippen LogP contribution in [0.4, 0.5) is 13.2 Å². The molecule has 98 valence electrons. The number of hydrogen-bond donors (Lipinski definition) is 1. The number of alkyl halides is 3. The fraction of sp³-hybridized carbons (Fsp3) is 1.00. The van der Waals surface area contributed by atoms with E-state index in [1.807, 2.05) is 13.8 Å². The SMILES string of the molecule is CCOC(CNCCCC(F)(F)F)OCC. The Morgan fingerprint density at radius 3 is 2.12 bits per heavy atom. The first kappa shape index (κ1) is 15.7. The monoisotopic (exact) mass is 243 g/mol. The molecule has 3 nitrogen and oxygen atoms in total. The quantitative estimate of drug-likeness (QED) is 0.498. The molecule has 0 fully saturated rings. The highest BCUT2D eigenvalue weighted by Crippen LogP contribution is 2.20. The van der Waals surface area contributed by atoms with Gasteiger partial charge in [0.1, 0.15) is 0 Å². The van der Waals surface area contributed by atoms with Crippen molar-refractivity contribution in [1.29, 1.82) is 0 Å². The van der Waals surface area contributed by atoms with E-state index in [1.54, 1.807) is 0 Å². The molecule has 0 bridgehead atoms. The maximum atomic E-state index is 11.8. The Morgan fingerprint density at radius 1 is 1.12 bits per heavy atom. The first-order valence-corrected chi connectivity index (χ1v) is 5.50. The van der Waals surface area contributed by atoms with E-state index < -0.39 is 12.6 Å². The van der Waals surface area contributed by atoms with Gasteiger partial charge in [0.05, 0.1) is 0 Å². The predicted octanol–water partition coefficient (Wildman–Crippen LogP) is 2.32. The first-order chi connectivity index (χ1) is 7.49. The van der Waals surface area contributed by atoms with Gasteiger partial charge in [-0.25, -0.2) is 0 Å². The van der Waals surface area contributed by atoms with Crippen LogP contribution < -0.4 is 5.32 Å². The van der Waals surface area contributed by atoms with Gasteiger partial charge in [-0.3, -0.25) is 0 Å². The highest BCUT2D eigenvalue weighted by Gasteiger charge is 2.25. The van der Waals surface area contributed by atoms with E-state index in [4.69, 9.17) is 9.47 Å². The van der Waals surface area contributed by atoms with Gasteiger partial charge in [-0.1, -0.05) is 0 Å². The van der Waals surface area contributed by atoms with Crippen molar-refractivity contribution < 1.29 is 22.6 Å². The topological polar surface area (TPSA) is 30.5 Å². The minimum Gasteiger partial charge on any atom is -0.352 e. The van der Waals surface area contributed by atoms with Crippen LogP contribution in [0.25, 0.3) is 0 Å². The largest absolute Gasteiger partial charge is 0.389 e. The maximum Gasteiger partial charge on any atom is 0.389 e. The fourth-order valence-electron chi connectivity index (χ4n) is 1.17. The molecular formula is C10H20F3NO2. The third-order valence-electron chi connectivity index (χ3n) is 1.83. The fourth-order valence-corrected chi connectivity index (χ4v) is 1.17. The summed E-state index contributed by atoms with van der Waals surface area (Å²) >= 11 is 0. The van der Waals surface area contributed by atoms with Gasteiger partial charge in [0.15, 0.2) is 6.29 Å². The molecule has 16 heavy (non-hydrogen) atoms. The van der Waals surface area contributed by atoms with Crippen molar-refractivity contribution in [2.24, 2.45) is 0 Å². The van der Waals surface area contributed by atoms with E-state index >= 15 is 0 Å². The van der Waals surface area contributed by atoms with Gasteiger partial charge in [0.2, 0.25) is 0 Å². The van der Waals surface area contributed by atoms with Crippen LogP contribution in [0.2, 0.25) is 0 Å². The average Bonchev–Trinajstić information content (AvgIpc) is 2.16. The van der Waals surface area contributed by atoms with E-state index in [-0.39, 0.29) is 12.7 Å². The molecule has 0 aromatic rings. The molecule has 6 heteroatoms. The molecule has 0 radical (unpaired) electrons. The molecule has 0 atom stereocenters. The van der Waals surface area contributed by atoms with Gasteiger partial charge in [-0.15, -0.1) is 0 Å². The van der Waals surface area contributed by atoms with Crippen molar-refractivity contribution in [3.63, 3.8) is 0 Å². The van der Waals surface area contributed by atoms with Gasteiger partial charge in [-0.2, -0.15) is 13.2 Å². The number of rotatable bonds is 9. The lowest BCUT2D eigenvalue weighted by Gasteiger charge is -2.17. The number of halogens is 3. The second kappa shape index (κ2) is 8.78. The zero-order valence-corrected chi connectivity index (χ0v) is 9.77. The lowest BCUT2D eigenvalue weighted by molar-refractivity contribution is -0.137. The van der Waals surface area contributed by atoms with Gasteiger partial charge in [0, 0.05) is 26.2 Å². The van der Waals surface area contributed by atoms with Crippen LogP contribution in [-0.4, -0.2) is 38.8 Å². The van der Waals surface area contributed by atoms with Crippen molar-refractivity contribution in [2.45, 2.75) is 39.2 Å². The summed E-state index contributed by atoms with van der Waals surface area (Å²) in [4.78, 5) is 0. The van der Waals surface area contributed by atoms with Crippen LogP contribution in [-0.2, 0) is 9.47 Å². The second-order valence-electron chi connectivity index (χ2n) is 3.26. The van der Waals surface area contributed by atoms with Crippen molar-refractivity contribution in [1.82, 2.24) is 5.32 Å². The second-order valence-corrected chi connectivity index (χ2v) is 3.26. The normalized spacial score (nSPS) is 12.4. The van der Waals surface area contributed by atoms with Gasteiger partial charge in [-0.05, 0) is 26.8 Å². The Morgan fingerprint density at radius 2 is 1.69 bits per heavy atom. The summed E-state index contributed by atoms with van der Waals surface area (Å²) in [7, 11) is 0. The molecule has 0 heterocycles. The molecule has 0 aliphatic heterocycles. The van der Waals surface area contributed by atoms with E-state index in [2.05, 4.69) is 5.32 Å². The van der Waals surface area contributed by atoms with E-state index in [9.17, 15) is 13.2 Å². The molecule has 0 aromatic heterocycles. The van der Waals surface area contributed by atoms with Crippen LogP contribution in [0.3, 0.4) is 0 Å². The molecule has 1 N–H and O–H groups in total. The summed E-state index contributed by atoms with van der Waals surface area (Å²) in [5, 5.41) is 2.88. The third kappa shape index (κ3) is 10.2. The molecule has 0 saturated carbocycles. The Bertz CT molecular complexity index is 159. The standard InChI is InChI=1S/C10H20F3NO2/c1-3-15-9(16-4-2)8-14-7-5-6-10(11,12)13/h9,14H,3-8H2,1-2H3. The van der Waals surface area contributed by atoms with Crippen LogP contribution in [0, 0.1) is 0 Å². The van der Waals surface area contributed by atoms with Crippen LogP contribution in [0.1, 0.15) is 26.7 Å².